The normalized spacial score (nSPS) is 10.8. The van der Waals surface area contributed by atoms with Crippen molar-refractivity contribution in [1.82, 2.24) is 4.98 Å². The van der Waals surface area contributed by atoms with Crippen LogP contribution in [0.4, 0.5) is 13.9 Å². The number of nitrogens with zero attached hydrogens (tertiary/aromatic N) is 1. The molecule has 0 saturated carbocycles. The van der Waals surface area contributed by atoms with Crippen LogP contribution in [0.2, 0.25) is 0 Å². The third kappa shape index (κ3) is 4.05. The second kappa shape index (κ2) is 6.37. The third-order valence-electron chi connectivity index (χ3n) is 2.61. The fourth-order valence-electron chi connectivity index (χ4n) is 1.61. The van der Waals surface area contributed by atoms with E-state index in [1.807, 2.05) is 13.8 Å². The molecule has 0 atom stereocenters. The molecule has 1 aromatic carbocycles. The summed E-state index contributed by atoms with van der Waals surface area (Å²) >= 11 is 6.62. The van der Waals surface area contributed by atoms with Crippen LogP contribution in [0.15, 0.2) is 24.4 Å². The Bertz CT molecular complexity index is 603. The molecule has 6 heteroatoms. The molecule has 20 heavy (non-hydrogen) atoms. The zero-order valence-electron chi connectivity index (χ0n) is 11.1. The SMILES string of the molecule is CC(C)C(=S)Nc1ncc(Cc2cc(F)cc(F)c2)s1. The van der Waals surface area contributed by atoms with Crippen molar-refractivity contribution in [3.63, 3.8) is 0 Å². The minimum atomic E-state index is -0.566. The topological polar surface area (TPSA) is 24.9 Å². The van der Waals surface area contributed by atoms with Gasteiger partial charge in [-0.2, -0.15) is 0 Å². The van der Waals surface area contributed by atoms with Crippen LogP contribution in [0, 0.1) is 17.6 Å². The molecule has 2 aromatic rings. The molecule has 0 bridgehead atoms. The second-order valence-corrected chi connectivity index (χ2v) is 6.29. The lowest BCUT2D eigenvalue weighted by Gasteiger charge is -2.06. The first kappa shape index (κ1) is 15.0. The maximum atomic E-state index is 13.1. The number of nitrogens with one attached hydrogen (secondary N) is 1. The number of rotatable bonds is 4. The van der Waals surface area contributed by atoms with E-state index in [-0.39, 0.29) is 5.92 Å². The number of hydrogen-bond donors (Lipinski definition) is 1. The highest BCUT2D eigenvalue weighted by Crippen LogP contribution is 2.22. The summed E-state index contributed by atoms with van der Waals surface area (Å²) in [6.07, 6.45) is 2.14. The van der Waals surface area contributed by atoms with Crippen LogP contribution in [0.1, 0.15) is 24.3 Å². The van der Waals surface area contributed by atoms with Gasteiger partial charge in [0.2, 0.25) is 0 Å². The zero-order valence-corrected chi connectivity index (χ0v) is 12.7. The summed E-state index contributed by atoms with van der Waals surface area (Å²) in [5.74, 6) is -0.887. The minimum Gasteiger partial charge on any atom is -0.326 e. The fourth-order valence-corrected chi connectivity index (χ4v) is 2.63. The summed E-state index contributed by atoms with van der Waals surface area (Å²) in [6, 6.07) is 3.52. The number of halogens is 2. The van der Waals surface area contributed by atoms with Crippen LogP contribution in [0.3, 0.4) is 0 Å². The van der Waals surface area contributed by atoms with Crippen molar-refractivity contribution in [1.29, 1.82) is 0 Å². The molecule has 1 heterocycles. The average Bonchev–Trinajstić information content (AvgIpc) is 2.74. The van der Waals surface area contributed by atoms with E-state index in [9.17, 15) is 8.78 Å². The first-order chi connectivity index (χ1) is 9.44. The monoisotopic (exact) mass is 312 g/mol. The van der Waals surface area contributed by atoms with Gasteiger partial charge in [0.05, 0.1) is 4.99 Å². The Hall–Kier alpha value is -1.40. The molecule has 2 nitrogen and oxygen atoms in total. The Morgan fingerprint density at radius 2 is 1.95 bits per heavy atom. The summed E-state index contributed by atoms with van der Waals surface area (Å²) in [7, 11) is 0. The van der Waals surface area contributed by atoms with Crippen LogP contribution in [0.25, 0.3) is 0 Å². The Morgan fingerprint density at radius 1 is 1.30 bits per heavy atom. The van der Waals surface area contributed by atoms with Gasteiger partial charge < -0.3 is 5.32 Å². The molecule has 0 saturated heterocycles. The van der Waals surface area contributed by atoms with Crippen LogP contribution < -0.4 is 5.32 Å². The van der Waals surface area contributed by atoms with Crippen LogP contribution in [0.5, 0.6) is 0 Å². The molecule has 1 N–H and O–H groups in total. The summed E-state index contributed by atoms with van der Waals surface area (Å²) in [6.45, 7) is 4.00. The highest BCUT2D eigenvalue weighted by Gasteiger charge is 2.08. The molecule has 0 aliphatic rings. The molecule has 0 aliphatic carbocycles. The minimum absolute atomic E-state index is 0.245. The van der Waals surface area contributed by atoms with Crippen LogP contribution in [-0.2, 0) is 6.42 Å². The van der Waals surface area contributed by atoms with Crippen molar-refractivity contribution in [2.45, 2.75) is 20.3 Å². The fraction of sp³-hybridized carbons (Fsp3) is 0.286. The standard InChI is InChI=1S/C14H14F2N2S2/c1-8(2)13(19)18-14-17-7-12(20-14)5-9-3-10(15)6-11(16)4-9/h3-4,6-8H,5H2,1-2H3,(H,17,18,19). The molecular weight excluding hydrogens is 298 g/mol. The van der Waals surface area contributed by atoms with Gasteiger partial charge in [-0.15, -0.1) is 11.3 Å². The van der Waals surface area contributed by atoms with Crippen molar-refractivity contribution in [3.05, 3.63) is 46.5 Å². The van der Waals surface area contributed by atoms with Gasteiger partial charge >= 0.3 is 0 Å². The van der Waals surface area contributed by atoms with Gasteiger partial charge in [-0.1, -0.05) is 26.1 Å². The van der Waals surface area contributed by atoms with Crippen molar-refractivity contribution in [3.8, 4) is 0 Å². The number of aromatic nitrogens is 1. The summed E-state index contributed by atoms with van der Waals surface area (Å²) < 4.78 is 26.2. The lowest BCUT2D eigenvalue weighted by atomic mass is 10.1. The molecule has 106 valence electrons. The van der Waals surface area contributed by atoms with E-state index >= 15 is 0 Å². The number of hydrogen-bond acceptors (Lipinski definition) is 3. The van der Waals surface area contributed by atoms with Crippen LogP contribution in [-0.4, -0.2) is 9.97 Å². The van der Waals surface area contributed by atoms with E-state index in [1.54, 1.807) is 6.20 Å². The van der Waals surface area contributed by atoms with Gasteiger partial charge in [0.25, 0.3) is 0 Å². The van der Waals surface area contributed by atoms with Gasteiger partial charge in [0.1, 0.15) is 11.6 Å². The molecule has 0 unspecified atom stereocenters. The zero-order chi connectivity index (χ0) is 14.7. The summed E-state index contributed by atoms with van der Waals surface area (Å²) in [5, 5.41) is 3.77. The third-order valence-corrected chi connectivity index (χ3v) is 4.09. The number of benzene rings is 1. The number of thiazole rings is 1. The first-order valence-electron chi connectivity index (χ1n) is 6.14. The van der Waals surface area contributed by atoms with Gasteiger partial charge in [-0.3, -0.25) is 0 Å². The Balaban J connectivity index is 2.07. The lowest BCUT2D eigenvalue weighted by Crippen LogP contribution is -2.14. The van der Waals surface area contributed by atoms with E-state index in [1.165, 1.54) is 23.5 Å². The maximum absolute atomic E-state index is 13.1. The predicted molar refractivity (Wildman–Crippen MR) is 82.3 cm³/mol. The predicted octanol–water partition coefficient (Wildman–Crippen LogP) is 4.41. The molecule has 0 spiro atoms. The maximum Gasteiger partial charge on any atom is 0.187 e. The largest absolute Gasteiger partial charge is 0.326 e. The summed E-state index contributed by atoms with van der Waals surface area (Å²) in [4.78, 5) is 5.86. The average molecular weight is 312 g/mol. The molecule has 0 aliphatic heterocycles. The number of anilines is 1. The Labute approximate surface area is 125 Å². The smallest absolute Gasteiger partial charge is 0.187 e. The van der Waals surface area contributed by atoms with Crippen molar-refractivity contribution >= 4 is 33.7 Å². The second-order valence-electron chi connectivity index (χ2n) is 4.73. The van der Waals surface area contributed by atoms with E-state index in [0.717, 1.165) is 15.9 Å². The highest BCUT2D eigenvalue weighted by molar-refractivity contribution is 7.80. The van der Waals surface area contributed by atoms with Gasteiger partial charge in [-0.25, -0.2) is 13.8 Å². The molecule has 2 rings (SSSR count). The first-order valence-corrected chi connectivity index (χ1v) is 7.37. The van der Waals surface area contributed by atoms with Crippen molar-refractivity contribution < 1.29 is 8.78 Å². The van der Waals surface area contributed by atoms with Gasteiger partial charge in [0.15, 0.2) is 5.13 Å². The van der Waals surface area contributed by atoms with Gasteiger partial charge in [0, 0.05) is 29.5 Å². The molecule has 0 radical (unpaired) electrons. The molecular formula is C14H14F2N2S2. The molecule has 1 aromatic heterocycles. The van der Waals surface area contributed by atoms with E-state index in [2.05, 4.69) is 10.3 Å². The van der Waals surface area contributed by atoms with Crippen molar-refractivity contribution in [2.75, 3.05) is 5.32 Å². The van der Waals surface area contributed by atoms with Gasteiger partial charge in [-0.05, 0) is 17.7 Å². The van der Waals surface area contributed by atoms with E-state index in [0.29, 0.717) is 17.1 Å². The Kier molecular flexibility index (Phi) is 4.77. The Morgan fingerprint density at radius 3 is 2.55 bits per heavy atom. The van der Waals surface area contributed by atoms with E-state index < -0.39 is 11.6 Å². The lowest BCUT2D eigenvalue weighted by molar-refractivity contribution is 0.580. The summed E-state index contributed by atoms with van der Waals surface area (Å²) in [5.41, 5.74) is 0.587. The van der Waals surface area contributed by atoms with Crippen LogP contribution >= 0.6 is 23.6 Å². The quantitative estimate of drug-likeness (QED) is 0.847. The molecule has 0 amide bonds. The van der Waals surface area contributed by atoms with E-state index in [4.69, 9.17) is 12.2 Å². The molecule has 0 fully saturated rings. The number of thiocarbonyl (C=S) groups is 1. The highest BCUT2D eigenvalue weighted by atomic mass is 32.1. The van der Waals surface area contributed by atoms with Crippen molar-refractivity contribution in [2.24, 2.45) is 5.92 Å².